The third-order valence-electron chi connectivity index (χ3n) is 5.77. The molecule has 8 heteroatoms. The highest BCUT2D eigenvalue weighted by molar-refractivity contribution is 5.82. The third-order valence-corrected chi connectivity index (χ3v) is 5.77. The van der Waals surface area contributed by atoms with Gasteiger partial charge in [0.2, 0.25) is 5.91 Å². The van der Waals surface area contributed by atoms with Gasteiger partial charge in [-0.05, 0) is 35.1 Å². The van der Waals surface area contributed by atoms with Crippen molar-refractivity contribution in [3.8, 4) is 11.1 Å². The van der Waals surface area contributed by atoms with Crippen molar-refractivity contribution in [3.63, 3.8) is 0 Å². The number of nitrogens with one attached hydrogen (secondary N) is 2. The van der Waals surface area contributed by atoms with Crippen molar-refractivity contribution in [2.24, 2.45) is 5.92 Å². The Bertz CT molecular complexity index is 940. The topological polar surface area (TPSA) is 114 Å². The number of hydrogen-bond donors (Lipinski definition) is 3. The van der Waals surface area contributed by atoms with E-state index in [2.05, 4.69) is 22.8 Å². The Morgan fingerprint density at radius 3 is 2.16 bits per heavy atom. The fourth-order valence-corrected chi connectivity index (χ4v) is 4.01. The summed E-state index contributed by atoms with van der Waals surface area (Å²) in [6, 6.07) is 16.1. The predicted molar refractivity (Wildman–Crippen MR) is 111 cm³/mol. The van der Waals surface area contributed by atoms with Crippen LogP contribution in [-0.2, 0) is 19.1 Å². The second-order valence-corrected chi connectivity index (χ2v) is 7.72. The lowest BCUT2D eigenvalue weighted by molar-refractivity contribution is -0.152. The average Bonchev–Trinajstić information content (AvgIpc) is 3.06. The number of carboxylic acids is 1. The number of ether oxygens (including phenoxy) is 2. The van der Waals surface area contributed by atoms with Gasteiger partial charge in [-0.25, -0.2) is 4.79 Å². The van der Waals surface area contributed by atoms with Crippen LogP contribution in [0.4, 0.5) is 4.79 Å². The van der Waals surface area contributed by atoms with Gasteiger partial charge in [0.25, 0.3) is 0 Å². The SMILES string of the molecule is O=C(CNC(=O)OCC1c2ccccc2-c2ccccc21)NCO[C@H]1C[C@@H](C(=O)O)C1. The first-order valence-electron chi connectivity index (χ1n) is 10.2. The number of hydrogen-bond acceptors (Lipinski definition) is 5. The minimum absolute atomic E-state index is 0.0256. The van der Waals surface area contributed by atoms with Crippen LogP contribution < -0.4 is 10.6 Å². The molecule has 0 atom stereocenters. The van der Waals surface area contributed by atoms with Crippen LogP contribution in [0.2, 0.25) is 0 Å². The molecule has 2 amide bonds. The highest BCUT2D eigenvalue weighted by Gasteiger charge is 2.35. The van der Waals surface area contributed by atoms with E-state index in [1.165, 1.54) is 0 Å². The van der Waals surface area contributed by atoms with Crippen LogP contribution in [0, 0.1) is 5.92 Å². The number of alkyl carbamates (subject to hydrolysis) is 1. The summed E-state index contributed by atoms with van der Waals surface area (Å²) in [5, 5.41) is 13.8. The van der Waals surface area contributed by atoms with E-state index in [0.717, 1.165) is 22.3 Å². The number of carbonyl (C=O) groups excluding carboxylic acids is 2. The fraction of sp³-hybridized carbons (Fsp3) is 0.348. The molecule has 1 fully saturated rings. The first kappa shape index (κ1) is 20.9. The van der Waals surface area contributed by atoms with E-state index in [4.69, 9.17) is 14.6 Å². The normalized spacial score (nSPS) is 19.0. The van der Waals surface area contributed by atoms with Crippen molar-refractivity contribution in [1.29, 1.82) is 0 Å². The van der Waals surface area contributed by atoms with Crippen LogP contribution >= 0.6 is 0 Å². The summed E-state index contributed by atoms with van der Waals surface area (Å²) in [6.07, 6.45) is 0.0737. The van der Waals surface area contributed by atoms with Gasteiger partial charge in [-0.1, -0.05) is 48.5 Å². The van der Waals surface area contributed by atoms with E-state index >= 15 is 0 Å². The Hall–Kier alpha value is -3.39. The smallest absolute Gasteiger partial charge is 0.407 e. The molecule has 0 bridgehead atoms. The van der Waals surface area contributed by atoms with E-state index in [9.17, 15) is 14.4 Å². The minimum Gasteiger partial charge on any atom is -0.481 e. The Labute approximate surface area is 179 Å². The summed E-state index contributed by atoms with van der Waals surface area (Å²) in [5.74, 6) is -1.65. The maximum Gasteiger partial charge on any atom is 0.407 e. The quantitative estimate of drug-likeness (QED) is 0.561. The van der Waals surface area contributed by atoms with Gasteiger partial charge in [0.05, 0.1) is 12.0 Å². The van der Waals surface area contributed by atoms with Gasteiger partial charge in [0.1, 0.15) is 19.9 Å². The largest absolute Gasteiger partial charge is 0.481 e. The van der Waals surface area contributed by atoms with Crippen LogP contribution in [0.15, 0.2) is 48.5 Å². The van der Waals surface area contributed by atoms with Gasteiger partial charge in [-0.3, -0.25) is 9.59 Å². The summed E-state index contributed by atoms with van der Waals surface area (Å²) in [6.45, 7) is -0.0817. The second-order valence-electron chi connectivity index (χ2n) is 7.72. The van der Waals surface area contributed by atoms with Gasteiger partial charge in [-0.2, -0.15) is 0 Å². The Balaban J connectivity index is 1.18. The van der Waals surface area contributed by atoms with Crippen molar-refractivity contribution in [2.45, 2.75) is 24.9 Å². The molecule has 0 heterocycles. The third kappa shape index (κ3) is 4.69. The van der Waals surface area contributed by atoms with Crippen LogP contribution in [0.1, 0.15) is 29.9 Å². The van der Waals surface area contributed by atoms with Gasteiger partial charge >= 0.3 is 12.1 Å². The van der Waals surface area contributed by atoms with Crippen molar-refractivity contribution < 1.29 is 29.0 Å². The number of rotatable bonds is 8. The van der Waals surface area contributed by atoms with Crippen molar-refractivity contribution in [1.82, 2.24) is 10.6 Å². The zero-order chi connectivity index (χ0) is 21.8. The molecule has 0 saturated heterocycles. The molecular formula is C23H24N2O6. The van der Waals surface area contributed by atoms with Gasteiger partial charge < -0.3 is 25.2 Å². The van der Waals surface area contributed by atoms with Crippen LogP contribution in [0.25, 0.3) is 11.1 Å². The lowest BCUT2D eigenvalue weighted by atomic mass is 9.82. The lowest BCUT2D eigenvalue weighted by Gasteiger charge is -2.31. The molecule has 8 nitrogen and oxygen atoms in total. The van der Waals surface area contributed by atoms with Gasteiger partial charge in [-0.15, -0.1) is 0 Å². The standard InChI is InChI=1S/C23H24N2O6/c26-21(25-13-31-15-9-14(10-15)22(27)28)11-24-23(29)30-12-20-18-7-3-1-5-16(18)17-6-2-4-8-19(17)20/h1-8,14-15,20H,9-13H2,(H,24,29)(H,25,26)(H,27,28)/t14-,15+. The molecule has 0 unspecified atom stereocenters. The van der Waals surface area contributed by atoms with E-state index in [0.29, 0.717) is 12.8 Å². The van der Waals surface area contributed by atoms with E-state index < -0.39 is 18.0 Å². The molecule has 0 spiro atoms. The van der Waals surface area contributed by atoms with Crippen molar-refractivity contribution >= 4 is 18.0 Å². The fourth-order valence-electron chi connectivity index (χ4n) is 4.01. The molecule has 2 aliphatic carbocycles. The molecule has 162 valence electrons. The summed E-state index contributed by atoms with van der Waals surface area (Å²) in [7, 11) is 0. The number of carbonyl (C=O) groups is 3. The maximum atomic E-state index is 12.1. The maximum absolute atomic E-state index is 12.1. The molecule has 1 saturated carbocycles. The van der Waals surface area contributed by atoms with E-state index in [-0.39, 0.29) is 37.8 Å². The summed E-state index contributed by atoms with van der Waals surface area (Å²) >= 11 is 0. The number of fused-ring (bicyclic) bond motifs is 3. The molecule has 3 N–H and O–H groups in total. The molecule has 2 aromatic carbocycles. The van der Waals surface area contributed by atoms with Crippen LogP contribution in [-0.4, -0.2) is 49.1 Å². The molecule has 0 aromatic heterocycles. The molecule has 31 heavy (non-hydrogen) atoms. The first-order valence-corrected chi connectivity index (χ1v) is 10.2. The predicted octanol–water partition coefficient (Wildman–Crippen LogP) is 2.48. The number of benzene rings is 2. The minimum atomic E-state index is -0.823. The highest BCUT2D eigenvalue weighted by Crippen LogP contribution is 2.44. The monoisotopic (exact) mass is 424 g/mol. The molecule has 0 radical (unpaired) electrons. The number of amides is 2. The zero-order valence-corrected chi connectivity index (χ0v) is 16.9. The average molecular weight is 424 g/mol. The second kappa shape index (κ2) is 9.18. The molecular weight excluding hydrogens is 400 g/mol. The Kier molecular flexibility index (Phi) is 6.18. The van der Waals surface area contributed by atoms with Crippen LogP contribution in [0.3, 0.4) is 0 Å². The van der Waals surface area contributed by atoms with E-state index in [1.54, 1.807) is 0 Å². The summed E-state index contributed by atoms with van der Waals surface area (Å²) in [4.78, 5) is 34.6. The molecule has 4 rings (SSSR count). The molecule has 0 aliphatic heterocycles. The number of carboxylic acid groups (broad SMARTS) is 1. The molecule has 2 aromatic rings. The van der Waals surface area contributed by atoms with Gasteiger partial charge in [0, 0.05) is 5.92 Å². The van der Waals surface area contributed by atoms with Crippen molar-refractivity contribution in [3.05, 3.63) is 59.7 Å². The van der Waals surface area contributed by atoms with Crippen LogP contribution in [0.5, 0.6) is 0 Å². The Morgan fingerprint density at radius 2 is 1.55 bits per heavy atom. The van der Waals surface area contributed by atoms with Crippen molar-refractivity contribution in [2.75, 3.05) is 19.9 Å². The summed E-state index contributed by atoms with van der Waals surface area (Å²) in [5.41, 5.74) is 4.53. The van der Waals surface area contributed by atoms with E-state index in [1.807, 2.05) is 36.4 Å². The highest BCUT2D eigenvalue weighted by atomic mass is 16.5. The molecule has 2 aliphatic rings. The number of aliphatic carboxylic acids is 1. The summed E-state index contributed by atoms with van der Waals surface area (Å²) < 4.78 is 10.8. The lowest BCUT2D eigenvalue weighted by Crippen LogP contribution is -2.42. The van der Waals surface area contributed by atoms with Gasteiger partial charge in [0.15, 0.2) is 0 Å². The Morgan fingerprint density at radius 1 is 0.935 bits per heavy atom. The first-order chi connectivity index (χ1) is 15.0. The zero-order valence-electron chi connectivity index (χ0n) is 16.9.